The highest BCUT2D eigenvalue weighted by atomic mass is 16.6. The van der Waals surface area contributed by atoms with Crippen LogP contribution >= 0.6 is 0 Å². The molecule has 2 bridgehead atoms. The molecule has 408 valence electrons. The molecule has 0 aromatic heterocycles. The van der Waals surface area contributed by atoms with Gasteiger partial charge in [0.2, 0.25) is 5.79 Å². The Morgan fingerprint density at radius 3 is 2.26 bits per heavy atom. The lowest BCUT2D eigenvalue weighted by Crippen LogP contribution is -2.61. The van der Waals surface area contributed by atoms with Crippen molar-refractivity contribution in [2.45, 2.75) is 187 Å². The van der Waals surface area contributed by atoms with Crippen LogP contribution in [0.4, 0.5) is 0 Å². The van der Waals surface area contributed by atoms with Crippen LogP contribution in [-0.4, -0.2) is 158 Å². The second kappa shape index (κ2) is 30.2. The zero-order valence-corrected chi connectivity index (χ0v) is 45.0. The molecule has 0 radical (unpaired) electrons. The Kier molecular flexibility index (Phi) is 25.6. The molecule has 1 amide bonds. The number of hydrogen-bond donors (Lipinski definition) is 3. The monoisotopic (exact) mass is 1020 g/mol. The minimum absolute atomic E-state index is 0.00654. The number of fused-ring (bicyclic) bond motifs is 3. The Labute approximate surface area is 429 Å². The summed E-state index contributed by atoms with van der Waals surface area (Å²) in [7, 11) is 2.94. The van der Waals surface area contributed by atoms with E-state index in [9.17, 15) is 39.3 Å². The van der Waals surface area contributed by atoms with Crippen molar-refractivity contribution in [3.8, 4) is 0 Å². The average molecular weight is 1020 g/mol. The number of methoxy groups -OCH3 is 2. The smallest absolute Gasteiger partial charge is 0.329 e. The van der Waals surface area contributed by atoms with Crippen molar-refractivity contribution < 1.29 is 72.5 Å². The molecular weight excluding hydrogens is 927 g/mol. The molecular formula is C56H89NO15. The number of rotatable bonds is 13. The number of hydrogen-bond acceptors (Lipinski definition) is 15. The van der Waals surface area contributed by atoms with E-state index < -0.39 is 83.9 Å². The van der Waals surface area contributed by atoms with Gasteiger partial charge in [0.15, 0.2) is 5.78 Å². The van der Waals surface area contributed by atoms with Gasteiger partial charge in [-0.3, -0.25) is 19.2 Å². The predicted molar refractivity (Wildman–Crippen MR) is 271 cm³/mol. The average Bonchev–Trinajstić information content (AvgIpc) is 3.36. The van der Waals surface area contributed by atoms with Crippen molar-refractivity contribution in [3.05, 3.63) is 47.6 Å². The maximum atomic E-state index is 14.5. The molecule has 16 heteroatoms. The Hall–Kier alpha value is -3.45. The standard InChI is InChI=1S/C56H89NO15/c1-11-68-25-26-69-27-28-70-47-33-43-22-20-41(8)56(65,72-43)53(62)54(63)57-24-16-15-19-44(57)55(64)71-48(38(5)31-42-21-23-45(58)49(32-42)66-9)34-46(59)37(4)30-40(7)51(61)52(67-10)50(60)39(6)29-35(2)17-13-12-14-18-36(47)3/h12-14,17-18,30,35,37-39,41-45,47-49,51-52,58,61,65H,11,15-16,19-29,31-34H2,1-10H3/b14-12+,17-13+,36-18+,40-30+/t35-,37-,38-,39-,41-,42+,43+,44+,45-,47?,48+,49-,51-,52+,56-/m1/s1. The number of nitrogens with zero attached hydrogens (tertiary/aromatic N) is 1. The molecule has 0 aromatic rings. The van der Waals surface area contributed by atoms with Crippen LogP contribution in [0.3, 0.4) is 0 Å². The van der Waals surface area contributed by atoms with E-state index in [1.54, 1.807) is 34.0 Å². The number of aliphatic hydroxyl groups is 3. The van der Waals surface area contributed by atoms with E-state index in [1.165, 1.54) is 12.0 Å². The summed E-state index contributed by atoms with van der Waals surface area (Å²) < 4.78 is 41.2. The fourth-order valence-corrected chi connectivity index (χ4v) is 10.6. The number of esters is 1. The Bertz CT molecular complexity index is 1880. The third-order valence-electron chi connectivity index (χ3n) is 15.3. The van der Waals surface area contributed by atoms with Crippen LogP contribution in [0.1, 0.15) is 132 Å². The molecule has 2 saturated heterocycles. The maximum Gasteiger partial charge on any atom is 0.329 e. The van der Waals surface area contributed by atoms with Crippen LogP contribution < -0.4 is 0 Å². The first kappa shape index (κ1) is 61.1. The van der Waals surface area contributed by atoms with Crippen molar-refractivity contribution in [2.75, 3.05) is 53.8 Å². The zero-order chi connectivity index (χ0) is 53.1. The van der Waals surface area contributed by atoms with Gasteiger partial charge in [-0.1, -0.05) is 71.1 Å². The van der Waals surface area contributed by atoms with Gasteiger partial charge in [0.1, 0.15) is 30.1 Å². The summed E-state index contributed by atoms with van der Waals surface area (Å²) >= 11 is 0. The Morgan fingerprint density at radius 2 is 1.56 bits per heavy atom. The predicted octanol–water partition coefficient (Wildman–Crippen LogP) is 6.60. The largest absolute Gasteiger partial charge is 0.460 e. The number of cyclic esters (lactones) is 1. The van der Waals surface area contributed by atoms with Gasteiger partial charge in [-0.15, -0.1) is 0 Å². The first-order chi connectivity index (χ1) is 34.2. The van der Waals surface area contributed by atoms with Gasteiger partial charge in [0.25, 0.3) is 11.7 Å². The molecule has 16 nitrogen and oxygen atoms in total. The highest BCUT2D eigenvalue weighted by Gasteiger charge is 2.53. The number of amides is 1. The van der Waals surface area contributed by atoms with E-state index >= 15 is 0 Å². The van der Waals surface area contributed by atoms with Gasteiger partial charge in [-0.2, -0.15) is 0 Å². The molecule has 4 rings (SSSR count). The number of carbonyl (C=O) groups excluding carboxylic acids is 5. The fourth-order valence-electron chi connectivity index (χ4n) is 10.6. The van der Waals surface area contributed by atoms with Gasteiger partial charge in [0.05, 0.1) is 50.8 Å². The lowest BCUT2D eigenvalue weighted by molar-refractivity contribution is -0.266. The van der Waals surface area contributed by atoms with E-state index in [0.29, 0.717) is 89.8 Å². The summed E-state index contributed by atoms with van der Waals surface area (Å²) in [6, 6.07) is -1.16. The van der Waals surface area contributed by atoms with Crippen molar-refractivity contribution in [2.24, 2.45) is 35.5 Å². The molecule has 1 saturated carbocycles. The fraction of sp³-hybridized carbons (Fsp3) is 0.768. The van der Waals surface area contributed by atoms with Gasteiger partial charge >= 0.3 is 5.97 Å². The lowest BCUT2D eigenvalue weighted by Gasteiger charge is -2.43. The molecule has 3 N–H and O–H groups in total. The van der Waals surface area contributed by atoms with Crippen LogP contribution in [0.15, 0.2) is 47.6 Å². The first-order valence-corrected chi connectivity index (χ1v) is 26.7. The molecule has 1 unspecified atom stereocenters. The molecule has 3 heterocycles. The van der Waals surface area contributed by atoms with Crippen LogP contribution in [0.2, 0.25) is 0 Å². The molecule has 0 aromatic carbocycles. The minimum Gasteiger partial charge on any atom is -0.460 e. The third-order valence-corrected chi connectivity index (χ3v) is 15.3. The summed E-state index contributed by atoms with van der Waals surface area (Å²) in [5, 5.41) is 34.2. The second-order valence-corrected chi connectivity index (χ2v) is 21.0. The number of ether oxygens (including phenoxy) is 7. The van der Waals surface area contributed by atoms with Crippen LogP contribution in [-0.2, 0) is 57.1 Å². The van der Waals surface area contributed by atoms with E-state index in [-0.39, 0.29) is 67.8 Å². The highest BCUT2D eigenvalue weighted by molar-refractivity contribution is 6.39. The van der Waals surface area contributed by atoms with Crippen LogP contribution in [0.25, 0.3) is 0 Å². The minimum atomic E-state index is -2.48. The Morgan fingerprint density at radius 1 is 0.833 bits per heavy atom. The van der Waals surface area contributed by atoms with Crippen molar-refractivity contribution in [1.82, 2.24) is 4.90 Å². The number of allylic oxidation sites excluding steroid dienone is 6. The number of piperidine rings is 1. The normalized spacial score (nSPS) is 37.7. The SMILES string of the molecule is CCOCCOCCOC1C[C@@H]2CC[C@@H](C)[C@@](O)(O2)C(=O)C(=O)N2CCCC[C@H]2C(=O)O[C@H]([C@H](C)C[C@@H]2CC[C@@H](O)[C@H](OC)C2)CC(=O)[C@H](C)/C=C(\C)[C@@H](O)[C@@H](OC)C(=O)[C@H](C)C[C@H](C)/C=C/C=C/C=C/1C. The van der Waals surface area contributed by atoms with Crippen LogP contribution in [0, 0.1) is 35.5 Å². The molecule has 15 atom stereocenters. The van der Waals surface area contributed by atoms with Gasteiger partial charge in [-0.25, -0.2) is 4.79 Å². The van der Waals surface area contributed by atoms with Gasteiger partial charge in [0, 0.05) is 58.0 Å². The van der Waals surface area contributed by atoms with E-state index in [4.69, 9.17) is 33.2 Å². The summed E-state index contributed by atoms with van der Waals surface area (Å²) in [5.41, 5.74) is 1.23. The molecule has 1 aliphatic carbocycles. The van der Waals surface area contributed by atoms with Crippen molar-refractivity contribution in [3.63, 3.8) is 0 Å². The molecule has 0 spiro atoms. The number of carbonyl (C=O) groups is 5. The number of ketones is 3. The second-order valence-electron chi connectivity index (χ2n) is 21.0. The molecule has 3 aliphatic heterocycles. The van der Waals surface area contributed by atoms with Crippen molar-refractivity contribution in [1.29, 1.82) is 0 Å². The van der Waals surface area contributed by atoms with Gasteiger partial charge < -0.3 is 53.4 Å². The Balaban J connectivity index is 1.70. The summed E-state index contributed by atoms with van der Waals surface area (Å²) in [5.74, 6) is -8.18. The topological polar surface area (TPSA) is 214 Å². The van der Waals surface area contributed by atoms with Crippen LogP contribution in [0.5, 0.6) is 0 Å². The maximum absolute atomic E-state index is 14.5. The highest BCUT2D eigenvalue weighted by Crippen LogP contribution is 2.38. The van der Waals surface area contributed by atoms with E-state index in [0.717, 1.165) is 5.57 Å². The molecule has 4 aliphatic rings. The summed E-state index contributed by atoms with van der Waals surface area (Å²) in [6.45, 7) is 16.7. The molecule has 3 fully saturated rings. The van der Waals surface area contributed by atoms with E-state index in [2.05, 4.69) is 0 Å². The third kappa shape index (κ3) is 17.6. The zero-order valence-electron chi connectivity index (χ0n) is 45.0. The number of Topliss-reactive ketones (excluding diaryl/α,β-unsaturated/α-hetero) is 3. The number of aliphatic hydroxyl groups excluding tert-OH is 2. The van der Waals surface area contributed by atoms with Gasteiger partial charge in [-0.05, 0) is 114 Å². The van der Waals surface area contributed by atoms with E-state index in [1.807, 2.05) is 65.0 Å². The van der Waals surface area contributed by atoms with Crippen molar-refractivity contribution >= 4 is 29.2 Å². The quantitative estimate of drug-likeness (QED) is 0.0767. The lowest BCUT2D eigenvalue weighted by atomic mass is 9.78. The summed E-state index contributed by atoms with van der Waals surface area (Å²) in [4.78, 5) is 72.5. The summed E-state index contributed by atoms with van der Waals surface area (Å²) in [6.07, 6.45) is 10.8. The first-order valence-electron chi connectivity index (χ1n) is 26.7. The molecule has 72 heavy (non-hydrogen) atoms.